The van der Waals surface area contributed by atoms with Crippen molar-refractivity contribution < 1.29 is 14.3 Å². The van der Waals surface area contributed by atoms with Gasteiger partial charge in [0.2, 0.25) is 0 Å². The summed E-state index contributed by atoms with van der Waals surface area (Å²) in [4.78, 5) is 23.6. The Kier molecular flexibility index (Phi) is 4.19. The minimum atomic E-state index is -0.591. The van der Waals surface area contributed by atoms with Crippen LogP contribution in [0.15, 0.2) is 30.3 Å². The van der Waals surface area contributed by atoms with Crippen LogP contribution in [0.1, 0.15) is 29.1 Å². The van der Waals surface area contributed by atoms with Crippen LogP contribution < -0.4 is 0 Å². The molecule has 104 valence electrons. The predicted octanol–water partition coefficient (Wildman–Crippen LogP) is 0.832. The van der Waals surface area contributed by atoms with E-state index in [1.807, 2.05) is 6.07 Å². The van der Waals surface area contributed by atoms with Crippen LogP contribution in [-0.2, 0) is 16.0 Å². The Balaban J connectivity index is 2.21. The number of nitrogens with zero attached hydrogens (tertiary/aromatic N) is 4. The molecule has 0 N–H and O–H groups in total. The van der Waals surface area contributed by atoms with Crippen molar-refractivity contribution in [2.24, 2.45) is 0 Å². The molecule has 0 amide bonds. The molecule has 7 heteroatoms. The Labute approximate surface area is 115 Å². The van der Waals surface area contributed by atoms with Gasteiger partial charge in [-0.1, -0.05) is 30.3 Å². The monoisotopic (exact) mass is 274 g/mol. The second-order valence-corrected chi connectivity index (χ2v) is 4.20. The van der Waals surface area contributed by atoms with Crippen LogP contribution in [0.5, 0.6) is 0 Å². The molecule has 0 aliphatic carbocycles. The van der Waals surface area contributed by atoms with E-state index in [1.165, 1.54) is 11.8 Å². The van der Waals surface area contributed by atoms with E-state index in [0.717, 1.165) is 0 Å². The largest absolute Gasteiger partial charge is 0.469 e. The summed E-state index contributed by atoms with van der Waals surface area (Å²) >= 11 is 0. The molecule has 0 radical (unpaired) electrons. The molecule has 1 unspecified atom stereocenters. The first-order chi connectivity index (χ1) is 9.63. The van der Waals surface area contributed by atoms with E-state index in [0.29, 0.717) is 11.4 Å². The molecule has 2 rings (SSSR count). The number of hydrogen-bond acceptors (Lipinski definition) is 6. The highest BCUT2D eigenvalue weighted by Crippen LogP contribution is 2.14. The second-order valence-electron chi connectivity index (χ2n) is 4.20. The Morgan fingerprint density at radius 1 is 1.30 bits per heavy atom. The van der Waals surface area contributed by atoms with Crippen molar-refractivity contribution in [2.45, 2.75) is 19.4 Å². The quantitative estimate of drug-likeness (QED) is 0.593. The van der Waals surface area contributed by atoms with E-state index in [1.54, 1.807) is 31.2 Å². The zero-order valence-corrected chi connectivity index (χ0v) is 11.2. The van der Waals surface area contributed by atoms with Gasteiger partial charge in [-0.15, -0.1) is 5.10 Å². The first-order valence-corrected chi connectivity index (χ1v) is 6.06. The molecule has 2 aromatic rings. The molecule has 0 saturated heterocycles. The van der Waals surface area contributed by atoms with Crippen LogP contribution in [0.2, 0.25) is 0 Å². The zero-order chi connectivity index (χ0) is 14.5. The number of hydrogen-bond donors (Lipinski definition) is 0. The lowest BCUT2D eigenvalue weighted by Crippen LogP contribution is -2.22. The summed E-state index contributed by atoms with van der Waals surface area (Å²) in [6, 6.07) is 8.27. The number of tetrazole rings is 1. The van der Waals surface area contributed by atoms with E-state index in [-0.39, 0.29) is 12.2 Å². The van der Waals surface area contributed by atoms with Crippen LogP contribution in [-0.4, -0.2) is 39.1 Å². The standard InChI is InChI=1S/C13H14N4O3/c1-9(13(19)10-6-4-3-5-7-10)17-11(14-15-16-17)8-12(18)20-2/h3-7,9H,8H2,1-2H3. The summed E-state index contributed by atoms with van der Waals surface area (Å²) in [5.41, 5.74) is 0.569. The third kappa shape index (κ3) is 2.87. The van der Waals surface area contributed by atoms with Crippen molar-refractivity contribution >= 4 is 11.8 Å². The number of carbonyl (C=O) groups excluding carboxylic acids is 2. The Morgan fingerprint density at radius 3 is 2.65 bits per heavy atom. The van der Waals surface area contributed by atoms with Crippen molar-refractivity contribution in [2.75, 3.05) is 7.11 Å². The first-order valence-electron chi connectivity index (χ1n) is 6.06. The molecule has 1 aromatic carbocycles. The van der Waals surface area contributed by atoms with Gasteiger partial charge in [0, 0.05) is 5.56 Å². The number of rotatable bonds is 5. The van der Waals surface area contributed by atoms with E-state index < -0.39 is 12.0 Å². The van der Waals surface area contributed by atoms with Crippen LogP contribution in [0.25, 0.3) is 0 Å². The van der Waals surface area contributed by atoms with Gasteiger partial charge in [0.25, 0.3) is 0 Å². The fourth-order valence-electron chi connectivity index (χ4n) is 1.79. The Bertz CT molecular complexity index is 609. The molecule has 0 spiro atoms. The fraction of sp³-hybridized carbons (Fsp3) is 0.308. The van der Waals surface area contributed by atoms with Gasteiger partial charge in [0.05, 0.1) is 7.11 Å². The molecule has 1 atom stereocenters. The molecule has 7 nitrogen and oxygen atoms in total. The predicted molar refractivity (Wildman–Crippen MR) is 69.0 cm³/mol. The third-order valence-electron chi connectivity index (χ3n) is 2.90. The van der Waals surface area contributed by atoms with Crippen molar-refractivity contribution in [1.82, 2.24) is 20.2 Å². The van der Waals surface area contributed by atoms with Crippen LogP contribution in [0, 0.1) is 0 Å². The summed E-state index contributed by atoms with van der Waals surface area (Å²) in [6.07, 6.45) is -0.0735. The number of aromatic nitrogens is 4. The number of ketones is 1. The topological polar surface area (TPSA) is 87.0 Å². The lowest BCUT2D eigenvalue weighted by molar-refractivity contribution is -0.140. The van der Waals surface area contributed by atoms with Crippen molar-refractivity contribution in [3.05, 3.63) is 41.7 Å². The number of benzene rings is 1. The SMILES string of the molecule is COC(=O)Cc1nnnn1C(C)C(=O)c1ccccc1. The summed E-state index contributed by atoms with van der Waals surface area (Å²) in [6.45, 7) is 1.69. The fourth-order valence-corrected chi connectivity index (χ4v) is 1.79. The van der Waals surface area contributed by atoms with Crippen molar-refractivity contribution in [3.8, 4) is 0 Å². The summed E-state index contributed by atoms with van der Waals surface area (Å²) in [7, 11) is 1.29. The Morgan fingerprint density at radius 2 is 2.00 bits per heavy atom. The highest BCUT2D eigenvalue weighted by Gasteiger charge is 2.22. The van der Waals surface area contributed by atoms with Gasteiger partial charge in [0.1, 0.15) is 12.5 Å². The van der Waals surface area contributed by atoms with Gasteiger partial charge in [-0.3, -0.25) is 9.59 Å². The maximum Gasteiger partial charge on any atom is 0.313 e. The normalized spacial score (nSPS) is 11.9. The smallest absolute Gasteiger partial charge is 0.313 e. The van der Waals surface area contributed by atoms with E-state index in [4.69, 9.17) is 0 Å². The van der Waals surface area contributed by atoms with Crippen LogP contribution in [0.4, 0.5) is 0 Å². The van der Waals surface area contributed by atoms with Crippen LogP contribution in [0.3, 0.4) is 0 Å². The van der Waals surface area contributed by atoms with Gasteiger partial charge in [0.15, 0.2) is 11.6 Å². The summed E-state index contributed by atoms with van der Waals surface area (Å²) < 4.78 is 5.91. The van der Waals surface area contributed by atoms with Crippen molar-refractivity contribution in [3.63, 3.8) is 0 Å². The van der Waals surface area contributed by atoms with Crippen molar-refractivity contribution in [1.29, 1.82) is 0 Å². The van der Waals surface area contributed by atoms with Gasteiger partial charge in [-0.2, -0.15) is 0 Å². The second kappa shape index (κ2) is 6.05. The minimum Gasteiger partial charge on any atom is -0.469 e. The molecule has 1 heterocycles. The number of methoxy groups -OCH3 is 1. The molecule has 1 aromatic heterocycles. The molecule has 0 aliphatic heterocycles. The number of carbonyl (C=O) groups is 2. The highest BCUT2D eigenvalue weighted by molar-refractivity contribution is 5.98. The summed E-state index contributed by atoms with van der Waals surface area (Å²) in [5, 5.41) is 11.0. The van der Waals surface area contributed by atoms with Gasteiger partial charge in [-0.25, -0.2) is 4.68 Å². The highest BCUT2D eigenvalue weighted by atomic mass is 16.5. The molecule has 0 saturated carbocycles. The van der Waals surface area contributed by atoms with E-state index >= 15 is 0 Å². The van der Waals surface area contributed by atoms with E-state index in [9.17, 15) is 9.59 Å². The molecule has 0 fully saturated rings. The number of ether oxygens (including phenoxy) is 1. The molecule has 0 aliphatic rings. The molecule has 20 heavy (non-hydrogen) atoms. The summed E-state index contributed by atoms with van der Waals surface area (Å²) in [5.74, 6) is -0.280. The third-order valence-corrected chi connectivity index (χ3v) is 2.90. The average molecular weight is 274 g/mol. The zero-order valence-electron chi connectivity index (χ0n) is 11.2. The lowest BCUT2D eigenvalue weighted by Gasteiger charge is -2.12. The maximum atomic E-state index is 12.3. The van der Waals surface area contributed by atoms with E-state index in [2.05, 4.69) is 20.3 Å². The number of Topliss-reactive ketones (excluding diaryl/α,β-unsaturated/α-hetero) is 1. The van der Waals surface area contributed by atoms with Gasteiger partial charge in [-0.05, 0) is 17.4 Å². The van der Waals surface area contributed by atoms with Crippen LogP contribution >= 0.6 is 0 Å². The molecule has 0 bridgehead atoms. The minimum absolute atomic E-state index is 0.0735. The van der Waals surface area contributed by atoms with Gasteiger partial charge < -0.3 is 4.74 Å². The Hall–Kier alpha value is -2.57. The first kappa shape index (κ1) is 13.9. The average Bonchev–Trinajstić information content (AvgIpc) is 2.94. The lowest BCUT2D eigenvalue weighted by atomic mass is 10.1. The maximum absolute atomic E-state index is 12.3. The molecular formula is C13H14N4O3. The van der Waals surface area contributed by atoms with Gasteiger partial charge >= 0.3 is 5.97 Å². The molecular weight excluding hydrogens is 260 g/mol. The number of esters is 1.